The summed E-state index contributed by atoms with van der Waals surface area (Å²) in [5.74, 6) is -0.199. The van der Waals surface area contributed by atoms with Gasteiger partial charge in [0.2, 0.25) is 5.91 Å². The normalized spacial score (nSPS) is 10.0. The highest BCUT2D eigenvalue weighted by Gasteiger charge is 2.06. The van der Waals surface area contributed by atoms with E-state index in [9.17, 15) is 9.59 Å². The van der Waals surface area contributed by atoms with Crippen molar-refractivity contribution in [3.05, 3.63) is 54.6 Å². The number of carbonyl (C=O) groups is 2. The quantitative estimate of drug-likeness (QED) is 0.587. The fourth-order valence-corrected chi connectivity index (χ4v) is 2.20. The molecule has 0 heterocycles. The minimum absolute atomic E-state index is 0.0530. The molecule has 2 amide bonds. The predicted molar refractivity (Wildman–Crippen MR) is 104 cm³/mol. The first-order valence-corrected chi connectivity index (χ1v) is 8.80. The second-order valence-corrected chi connectivity index (χ2v) is 5.78. The lowest BCUT2D eigenvalue weighted by Crippen LogP contribution is -2.26. The Labute approximate surface area is 153 Å². The highest BCUT2D eigenvalue weighted by Crippen LogP contribution is 2.18. The molecule has 26 heavy (non-hydrogen) atoms. The maximum Gasteiger partial charge on any atom is 0.407 e. The van der Waals surface area contributed by atoms with Crippen LogP contribution in [0.4, 0.5) is 21.9 Å². The Hall–Kier alpha value is -3.02. The molecule has 0 saturated heterocycles. The second-order valence-electron chi connectivity index (χ2n) is 5.78. The van der Waals surface area contributed by atoms with Crippen LogP contribution in [-0.2, 0) is 9.53 Å². The van der Waals surface area contributed by atoms with E-state index in [4.69, 9.17) is 4.74 Å². The molecule has 6 nitrogen and oxygen atoms in total. The van der Waals surface area contributed by atoms with E-state index in [1.165, 1.54) is 0 Å². The van der Waals surface area contributed by atoms with Gasteiger partial charge in [-0.15, -0.1) is 0 Å². The topological polar surface area (TPSA) is 79.5 Å². The third-order valence-corrected chi connectivity index (χ3v) is 3.59. The Kier molecular flexibility index (Phi) is 7.99. The Morgan fingerprint density at radius 1 is 0.923 bits per heavy atom. The molecule has 0 aromatic heterocycles. The molecule has 0 spiro atoms. The lowest BCUT2D eigenvalue weighted by molar-refractivity contribution is -0.116. The van der Waals surface area contributed by atoms with Crippen molar-refractivity contribution < 1.29 is 14.3 Å². The van der Waals surface area contributed by atoms with Crippen molar-refractivity contribution >= 4 is 29.1 Å². The Bertz CT molecular complexity index is 687. The number of hydrogen-bond donors (Lipinski definition) is 3. The number of anilines is 3. The molecule has 138 valence electrons. The summed E-state index contributed by atoms with van der Waals surface area (Å²) in [5.41, 5.74) is 2.63. The van der Waals surface area contributed by atoms with Crippen molar-refractivity contribution in [3.63, 3.8) is 0 Å². The average Bonchev–Trinajstić information content (AvgIpc) is 2.64. The van der Waals surface area contributed by atoms with Gasteiger partial charge in [0.1, 0.15) is 6.61 Å². The van der Waals surface area contributed by atoms with Crippen molar-refractivity contribution in [1.29, 1.82) is 0 Å². The van der Waals surface area contributed by atoms with E-state index in [-0.39, 0.29) is 18.9 Å². The summed E-state index contributed by atoms with van der Waals surface area (Å²) in [5, 5.41) is 8.69. The van der Waals surface area contributed by atoms with Crippen LogP contribution in [0.3, 0.4) is 0 Å². The van der Waals surface area contributed by atoms with Gasteiger partial charge in [0.25, 0.3) is 0 Å². The highest BCUT2D eigenvalue weighted by atomic mass is 16.5. The smallest absolute Gasteiger partial charge is 0.407 e. The van der Waals surface area contributed by atoms with Crippen molar-refractivity contribution in [2.45, 2.75) is 26.2 Å². The Balaban J connectivity index is 1.69. The Morgan fingerprint density at radius 2 is 1.58 bits per heavy atom. The van der Waals surface area contributed by atoms with Crippen LogP contribution in [-0.4, -0.2) is 25.2 Å². The van der Waals surface area contributed by atoms with Gasteiger partial charge in [-0.3, -0.25) is 4.79 Å². The third kappa shape index (κ3) is 7.25. The van der Waals surface area contributed by atoms with Crippen LogP contribution in [0.5, 0.6) is 0 Å². The van der Waals surface area contributed by atoms with E-state index in [0.717, 1.165) is 24.2 Å². The summed E-state index contributed by atoms with van der Waals surface area (Å²) in [6, 6.07) is 17.3. The fourth-order valence-electron chi connectivity index (χ4n) is 2.20. The van der Waals surface area contributed by atoms with E-state index in [1.807, 2.05) is 61.5 Å². The standard InChI is InChI=1S/C20H25N3O3/c1-2-3-14-21-20(25)26-15-13-19(24)23-18-11-9-17(10-12-18)22-16-7-5-4-6-8-16/h4-12,22H,2-3,13-15H2,1H3,(H,21,25)(H,23,24). The summed E-state index contributed by atoms with van der Waals surface area (Å²) < 4.78 is 4.96. The fraction of sp³-hybridized carbons (Fsp3) is 0.300. The highest BCUT2D eigenvalue weighted by molar-refractivity contribution is 5.91. The Morgan fingerprint density at radius 3 is 2.27 bits per heavy atom. The zero-order chi connectivity index (χ0) is 18.6. The van der Waals surface area contributed by atoms with Gasteiger partial charge in [0.15, 0.2) is 0 Å². The molecule has 0 atom stereocenters. The summed E-state index contributed by atoms with van der Waals surface area (Å²) in [6.07, 6.45) is 1.54. The number of hydrogen-bond acceptors (Lipinski definition) is 4. The van der Waals surface area contributed by atoms with Crippen LogP contribution in [0.25, 0.3) is 0 Å². The van der Waals surface area contributed by atoms with Crippen molar-refractivity contribution in [3.8, 4) is 0 Å². The molecular weight excluding hydrogens is 330 g/mol. The second kappa shape index (κ2) is 10.8. The van der Waals surface area contributed by atoms with E-state index < -0.39 is 6.09 Å². The van der Waals surface area contributed by atoms with Crippen LogP contribution in [0, 0.1) is 0 Å². The van der Waals surface area contributed by atoms with Gasteiger partial charge in [0.05, 0.1) is 6.42 Å². The lowest BCUT2D eigenvalue weighted by Gasteiger charge is -2.09. The lowest BCUT2D eigenvalue weighted by atomic mass is 10.2. The van der Waals surface area contributed by atoms with Gasteiger partial charge in [-0.05, 0) is 42.8 Å². The first-order chi connectivity index (χ1) is 12.7. The van der Waals surface area contributed by atoms with Crippen molar-refractivity contribution in [1.82, 2.24) is 5.32 Å². The molecule has 3 N–H and O–H groups in total. The number of benzene rings is 2. The maximum atomic E-state index is 11.9. The molecule has 2 aromatic rings. The minimum Gasteiger partial charge on any atom is -0.449 e. The molecule has 0 aliphatic heterocycles. The van der Waals surface area contributed by atoms with E-state index in [1.54, 1.807) is 0 Å². The van der Waals surface area contributed by atoms with Crippen LogP contribution in [0.15, 0.2) is 54.6 Å². The zero-order valence-corrected chi connectivity index (χ0v) is 15.0. The van der Waals surface area contributed by atoms with Crippen LogP contribution < -0.4 is 16.0 Å². The summed E-state index contributed by atoms with van der Waals surface area (Å²) in [4.78, 5) is 23.3. The monoisotopic (exact) mass is 355 g/mol. The molecule has 0 fully saturated rings. The zero-order valence-electron chi connectivity index (χ0n) is 15.0. The first-order valence-electron chi connectivity index (χ1n) is 8.80. The summed E-state index contributed by atoms with van der Waals surface area (Å²) >= 11 is 0. The minimum atomic E-state index is -0.484. The molecule has 2 rings (SSSR count). The number of amides is 2. The molecule has 0 unspecified atom stereocenters. The van der Waals surface area contributed by atoms with Crippen LogP contribution in [0.2, 0.25) is 0 Å². The average molecular weight is 355 g/mol. The third-order valence-electron chi connectivity index (χ3n) is 3.59. The molecule has 0 radical (unpaired) electrons. The van der Waals surface area contributed by atoms with Gasteiger partial charge in [0, 0.05) is 23.6 Å². The molecule has 2 aromatic carbocycles. The van der Waals surface area contributed by atoms with E-state index >= 15 is 0 Å². The molecule has 0 aliphatic carbocycles. The van der Waals surface area contributed by atoms with E-state index in [0.29, 0.717) is 12.2 Å². The van der Waals surface area contributed by atoms with Crippen LogP contribution in [0.1, 0.15) is 26.2 Å². The van der Waals surface area contributed by atoms with Crippen LogP contribution >= 0.6 is 0 Å². The van der Waals surface area contributed by atoms with E-state index in [2.05, 4.69) is 16.0 Å². The number of nitrogens with one attached hydrogen (secondary N) is 3. The molecule has 0 bridgehead atoms. The molecular formula is C20H25N3O3. The van der Waals surface area contributed by atoms with Crippen molar-refractivity contribution in [2.24, 2.45) is 0 Å². The molecule has 0 aliphatic rings. The van der Waals surface area contributed by atoms with Gasteiger partial charge < -0.3 is 20.7 Å². The van der Waals surface area contributed by atoms with Gasteiger partial charge in [-0.2, -0.15) is 0 Å². The summed E-state index contributed by atoms with van der Waals surface area (Å²) in [7, 11) is 0. The SMILES string of the molecule is CCCCNC(=O)OCCC(=O)Nc1ccc(Nc2ccccc2)cc1. The number of ether oxygens (including phenoxy) is 1. The molecule has 0 saturated carbocycles. The van der Waals surface area contributed by atoms with Crippen molar-refractivity contribution in [2.75, 3.05) is 23.8 Å². The first kappa shape index (κ1) is 19.3. The number of unbranched alkanes of at least 4 members (excludes halogenated alkanes) is 1. The van der Waals surface area contributed by atoms with Gasteiger partial charge >= 0.3 is 6.09 Å². The predicted octanol–water partition coefficient (Wildman–Crippen LogP) is 4.29. The van der Waals surface area contributed by atoms with Gasteiger partial charge in [-0.25, -0.2) is 4.79 Å². The maximum absolute atomic E-state index is 11.9. The molecule has 6 heteroatoms. The number of rotatable bonds is 9. The largest absolute Gasteiger partial charge is 0.449 e. The summed E-state index contributed by atoms with van der Waals surface area (Å²) in [6.45, 7) is 2.68. The van der Waals surface area contributed by atoms with Gasteiger partial charge in [-0.1, -0.05) is 31.5 Å². The number of carbonyl (C=O) groups excluding carboxylic acids is 2. The number of alkyl carbamates (subject to hydrolysis) is 1. The number of para-hydroxylation sites is 1.